The van der Waals surface area contributed by atoms with Gasteiger partial charge in [-0.3, -0.25) is 4.79 Å². The molecule has 5 heteroatoms. The Morgan fingerprint density at radius 2 is 1.71 bits per heavy atom. The van der Waals surface area contributed by atoms with Gasteiger partial charge in [-0.15, -0.1) is 0 Å². The Labute approximate surface area is 171 Å². The van der Waals surface area contributed by atoms with Gasteiger partial charge in [-0.05, 0) is 30.0 Å². The third-order valence-electron chi connectivity index (χ3n) is 4.79. The second kappa shape index (κ2) is 9.60. The molecule has 0 unspecified atom stereocenters. The molecule has 0 bridgehead atoms. The largest absolute Gasteiger partial charge is 0.341 e. The molecule has 0 saturated heterocycles. The Kier molecular flexibility index (Phi) is 6.93. The lowest BCUT2D eigenvalue weighted by atomic mass is 10.1. The number of imidazole rings is 1. The number of carbonyl (C=O) groups is 1. The zero-order valence-electron chi connectivity index (χ0n) is 16.7. The first-order valence-corrected chi connectivity index (χ1v) is 10.6. The standard InChI is InChI=1S/C23H27N3OS/c1-4-18-10-12-20(13-11-18)15-26(3)22(27)16-28-23-24-17(2)21(25-23)14-19-8-6-5-7-9-19/h5-13H,4,14-16H2,1-3H3,(H,24,25). The van der Waals surface area contributed by atoms with Crippen LogP contribution in [0.5, 0.6) is 0 Å². The lowest BCUT2D eigenvalue weighted by molar-refractivity contribution is -0.127. The SMILES string of the molecule is CCc1ccc(CN(C)C(=O)CSc2nc(Cc3ccccc3)c(C)[nH]2)cc1. The number of hydrogen-bond donors (Lipinski definition) is 1. The lowest BCUT2D eigenvalue weighted by Gasteiger charge is -2.17. The Morgan fingerprint density at radius 3 is 2.39 bits per heavy atom. The Morgan fingerprint density at radius 1 is 1.04 bits per heavy atom. The van der Waals surface area contributed by atoms with E-state index in [9.17, 15) is 4.79 Å². The fourth-order valence-electron chi connectivity index (χ4n) is 2.98. The van der Waals surface area contributed by atoms with Crippen molar-refractivity contribution in [1.82, 2.24) is 14.9 Å². The summed E-state index contributed by atoms with van der Waals surface area (Å²) >= 11 is 1.46. The van der Waals surface area contributed by atoms with Gasteiger partial charge in [-0.2, -0.15) is 0 Å². The first-order chi connectivity index (χ1) is 13.5. The van der Waals surface area contributed by atoms with Gasteiger partial charge < -0.3 is 9.88 Å². The van der Waals surface area contributed by atoms with Gasteiger partial charge in [0.1, 0.15) is 0 Å². The van der Waals surface area contributed by atoms with Crippen LogP contribution in [0.25, 0.3) is 0 Å². The van der Waals surface area contributed by atoms with E-state index < -0.39 is 0 Å². The summed E-state index contributed by atoms with van der Waals surface area (Å²) in [4.78, 5) is 22.2. The number of benzene rings is 2. The maximum absolute atomic E-state index is 12.5. The van der Waals surface area contributed by atoms with Crippen molar-refractivity contribution in [3.63, 3.8) is 0 Å². The molecule has 3 rings (SSSR count). The fourth-order valence-corrected chi connectivity index (χ4v) is 3.86. The number of aromatic nitrogens is 2. The van der Waals surface area contributed by atoms with Crippen molar-refractivity contribution >= 4 is 17.7 Å². The molecule has 1 aromatic heterocycles. The number of aryl methyl sites for hydroxylation is 2. The van der Waals surface area contributed by atoms with Crippen molar-refractivity contribution in [2.75, 3.05) is 12.8 Å². The highest BCUT2D eigenvalue weighted by molar-refractivity contribution is 7.99. The summed E-state index contributed by atoms with van der Waals surface area (Å²) in [6, 6.07) is 18.8. The normalized spacial score (nSPS) is 10.8. The molecule has 0 saturated carbocycles. The molecule has 1 heterocycles. The van der Waals surface area contributed by atoms with Crippen LogP contribution in [-0.2, 0) is 24.2 Å². The van der Waals surface area contributed by atoms with Crippen LogP contribution >= 0.6 is 11.8 Å². The van der Waals surface area contributed by atoms with Crippen LogP contribution in [-0.4, -0.2) is 33.6 Å². The van der Waals surface area contributed by atoms with Gasteiger partial charge in [0.15, 0.2) is 5.16 Å². The third-order valence-corrected chi connectivity index (χ3v) is 5.65. The summed E-state index contributed by atoms with van der Waals surface area (Å²) < 4.78 is 0. The van der Waals surface area contributed by atoms with E-state index in [0.29, 0.717) is 12.3 Å². The molecule has 0 atom stereocenters. The summed E-state index contributed by atoms with van der Waals surface area (Å²) in [7, 11) is 1.85. The van der Waals surface area contributed by atoms with E-state index in [2.05, 4.69) is 53.3 Å². The summed E-state index contributed by atoms with van der Waals surface area (Å²) in [5, 5.41) is 0.803. The minimum atomic E-state index is 0.100. The summed E-state index contributed by atoms with van der Waals surface area (Å²) in [6.07, 6.45) is 1.83. The number of carbonyl (C=O) groups excluding carboxylic acids is 1. The van der Waals surface area contributed by atoms with E-state index in [1.54, 1.807) is 4.90 Å². The van der Waals surface area contributed by atoms with Crippen molar-refractivity contribution in [3.05, 3.63) is 82.7 Å². The number of nitrogens with one attached hydrogen (secondary N) is 1. The predicted octanol–water partition coefficient (Wildman–Crippen LogP) is 4.62. The van der Waals surface area contributed by atoms with Crippen LogP contribution in [0, 0.1) is 6.92 Å². The number of hydrogen-bond acceptors (Lipinski definition) is 3. The molecule has 0 radical (unpaired) electrons. The van der Waals surface area contributed by atoms with Crippen LogP contribution in [0.3, 0.4) is 0 Å². The van der Waals surface area contributed by atoms with Gasteiger partial charge in [-0.25, -0.2) is 4.98 Å². The van der Waals surface area contributed by atoms with Crippen LogP contribution in [0.2, 0.25) is 0 Å². The van der Waals surface area contributed by atoms with Crippen molar-refractivity contribution in [1.29, 1.82) is 0 Å². The second-order valence-corrected chi connectivity index (χ2v) is 7.95. The molecule has 146 valence electrons. The van der Waals surface area contributed by atoms with E-state index >= 15 is 0 Å². The molecule has 1 amide bonds. The quantitative estimate of drug-likeness (QED) is 0.568. The maximum atomic E-state index is 12.5. The number of amides is 1. The van der Waals surface area contributed by atoms with E-state index in [1.807, 2.05) is 32.2 Å². The zero-order valence-corrected chi connectivity index (χ0v) is 17.6. The van der Waals surface area contributed by atoms with E-state index in [1.165, 1.54) is 22.9 Å². The number of aromatic amines is 1. The molecule has 0 aliphatic carbocycles. The zero-order chi connectivity index (χ0) is 19.9. The molecule has 2 aromatic carbocycles. The first kappa shape index (κ1) is 20.2. The molecular weight excluding hydrogens is 366 g/mol. The molecule has 0 aliphatic rings. The Balaban J connectivity index is 1.53. The van der Waals surface area contributed by atoms with Gasteiger partial charge in [0, 0.05) is 25.7 Å². The smallest absolute Gasteiger partial charge is 0.233 e. The van der Waals surface area contributed by atoms with Crippen molar-refractivity contribution in [2.45, 2.75) is 38.4 Å². The predicted molar refractivity (Wildman–Crippen MR) is 116 cm³/mol. The van der Waals surface area contributed by atoms with Crippen molar-refractivity contribution in [2.24, 2.45) is 0 Å². The van der Waals surface area contributed by atoms with Gasteiger partial charge >= 0.3 is 0 Å². The average Bonchev–Trinajstić information content (AvgIpc) is 3.06. The fraction of sp³-hybridized carbons (Fsp3) is 0.304. The minimum Gasteiger partial charge on any atom is -0.341 e. The summed E-state index contributed by atoms with van der Waals surface area (Å²) in [5.74, 6) is 0.476. The summed E-state index contributed by atoms with van der Waals surface area (Å²) in [5.41, 5.74) is 5.79. The minimum absolute atomic E-state index is 0.100. The first-order valence-electron chi connectivity index (χ1n) is 9.59. The van der Waals surface area contributed by atoms with Crippen LogP contribution in [0.1, 0.15) is 35.0 Å². The van der Waals surface area contributed by atoms with Crippen molar-refractivity contribution < 1.29 is 4.79 Å². The average molecular weight is 394 g/mol. The number of H-pyrrole nitrogens is 1. The van der Waals surface area contributed by atoms with Crippen LogP contribution in [0.4, 0.5) is 0 Å². The molecule has 1 N–H and O–H groups in total. The van der Waals surface area contributed by atoms with Gasteiger partial charge in [0.05, 0.1) is 11.4 Å². The molecule has 4 nitrogen and oxygen atoms in total. The molecule has 28 heavy (non-hydrogen) atoms. The van der Waals surface area contributed by atoms with Crippen LogP contribution in [0.15, 0.2) is 59.8 Å². The summed E-state index contributed by atoms with van der Waals surface area (Å²) in [6.45, 7) is 4.80. The van der Waals surface area contributed by atoms with Crippen LogP contribution < -0.4 is 0 Å². The number of rotatable bonds is 8. The van der Waals surface area contributed by atoms with E-state index in [0.717, 1.165) is 34.9 Å². The van der Waals surface area contributed by atoms with Gasteiger partial charge in [-0.1, -0.05) is 73.3 Å². The lowest BCUT2D eigenvalue weighted by Crippen LogP contribution is -2.27. The molecule has 3 aromatic rings. The molecule has 0 fully saturated rings. The third kappa shape index (κ3) is 5.49. The number of thioether (sulfide) groups is 1. The van der Waals surface area contributed by atoms with E-state index in [-0.39, 0.29) is 5.91 Å². The number of nitrogens with zero attached hydrogens (tertiary/aromatic N) is 2. The van der Waals surface area contributed by atoms with Gasteiger partial charge in [0.25, 0.3) is 0 Å². The van der Waals surface area contributed by atoms with E-state index in [4.69, 9.17) is 0 Å². The highest BCUT2D eigenvalue weighted by Crippen LogP contribution is 2.19. The highest BCUT2D eigenvalue weighted by Gasteiger charge is 2.13. The Hall–Kier alpha value is -2.53. The topological polar surface area (TPSA) is 49.0 Å². The maximum Gasteiger partial charge on any atom is 0.233 e. The molecular formula is C23H27N3OS. The highest BCUT2D eigenvalue weighted by atomic mass is 32.2. The molecule has 0 aliphatic heterocycles. The monoisotopic (exact) mass is 393 g/mol. The van der Waals surface area contributed by atoms with Crippen molar-refractivity contribution in [3.8, 4) is 0 Å². The second-order valence-electron chi connectivity index (χ2n) is 6.98. The molecule has 0 spiro atoms. The Bertz CT molecular complexity index is 903. The van der Waals surface area contributed by atoms with Gasteiger partial charge in [0.2, 0.25) is 5.91 Å².